The smallest absolute Gasteiger partial charge is 0.258 e. The van der Waals surface area contributed by atoms with Gasteiger partial charge in [-0.25, -0.2) is 0 Å². The fourth-order valence-electron chi connectivity index (χ4n) is 1.87. The summed E-state index contributed by atoms with van der Waals surface area (Å²) in [6.07, 6.45) is 2.87. The van der Waals surface area contributed by atoms with Crippen molar-refractivity contribution in [1.82, 2.24) is 5.32 Å². The van der Waals surface area contributed by atoms with Gasteiger partial charge in [-0.1, -0.05) is 19.4 Å². The van der Waals surface area contributed by atoms with E-state index in [1.165, 1.54) is 0 Å². The second kappa shape index (κ2) is 3.85. The van der Waals surface area contributed by atoms with Crippen molar-refractivity contribution >= 4 is 11.8 Å². The number of amides is 2. The first-order chi connectivity index (χ1) is 7.24. The van der Waals surface area contributed by atoms with Gasteiger partial charge in [-0.2, -0.15) is 0 Å². The second-order valence-corrected chi connectivity index (χ2v) is 3.72. The number of nitrogens with one attached hydrogen (secondary N) is 1. The Bertz CT molecular complexity index is 391. The molecule has 0 spiro atoms. The van der Waals surface area contributed by atoms with Gasteiger partial charge in [0.1, 0.15) is 0 Å². The average molecular weight is 203 g/mol. The van der Waals surface area contributed by atoms with Crippen LogP contribution in [-0.2, 0) is 6.42 Å². The number of hydrogen-bond donors (Lipinski definition) is 1. The summed E-state index contributed by atoms with van der Waals surface area (Å²) >= 11 is 0. The number of fused-ring (bicyclic) bond motifs is 2. The number of imide groups is 1. The Kier molecular flexibility index (Phi) is 2.54. The van der Waals surface area contributed by atoms with Gasteiger partial charge in [-0.15, -0.1) is 0 Å². The van der Waals surface area contributed by atoms with Crippen molar-refractivity contribution in [2.45, 2.75) is 26.2 Å². The molecular weight excluding hydrogens is 190 g/mol. The molecular formula is C12H13NO2. The highest BCUT2D eigenvalue weighted by Crippen LogP contribution is 2.21. The second-order valence-electron chi connectivity index (χ2n) is 3.72. The minimum atomic E-state index is -0.265. The molecule has 0 aromatic heterocycles. The summed E-state index contributed by atoms with van der Waals surface area (Å²) in [5, 5.41) is 2.33. The van der Waals surface area contributed by atoms with Crippen LogP contribution in [-0.4, -0.2) is 11.8 Å². The van der Waals surface area contributed by atoms with Gasteiger partial charge in [0.25, 0.3) is 11.8 Å². The first kappa shape index (κ1) is 9.90. The molecule has 3 nitrogen and oxygen atoms in total. The number of benzene rings is 1. The van der Waals surface area contributed by atoms with Crippen LogP contribution >= 0.6 is 0 Å². The van der Waals surface area contributed by atoms with E-state index in [2.05, 4.69) is 12.2 Å². The zero-order valence-electron chi connectivity index (χ0n) is 8.67. The number of hydrogen-bond acceptors (Lipinski definition) is 2. The molecule has 0 fully saturated rings. The summed E-state index contributed by atoms with van der Waals surface area (Å²) in [5.41, 5.74) is 2.22. The van der Waals surface area contributed by atoms with Crippen LogP contribution in [0.1, 0.15) is 46.0 Å². The van der Waals surface area contributed by atoms with Gasteiger partial charge in [0.2, 0.25) is 0 Å². The molecule has 0 atom stereocenters. The van der Waals surface area contributed by atoms with Crippen LogP contribution in [0.15, 0.2) is 18.2 Å². The molecule has 1 aromatic rings. The average Bonchev–Trinajstić information content (AvgIpc) is 2.23. The highest BCUT2D eigenvalue weighted by atomic mass is 16.2. The number of carbonyl (C=O) groups excluding carboxylic acids is 2. The van der Waals surface area contributed by atoms with Gasteiger partial charge in [-0.05, 0) is 30.5 Å². The molecule has 1 N–H and O–H groups in total. The molecule has 0 aliphatic carbocycles. The lowest BCUT2D eigenvalue weighted by molar-refractivity contribution is 0.0838. The van der Waals surface area contributed by atoms with Crippen LogP contribution in [0.2, 0.25) is 0 Å². The molecule has 0 unspecified atom stereocenters. The SMILES string of the molecule is CCCCc1c2cccc1C(=O)NC2=O. The van der Waals surface area contributed by atoms with Crippen molar-refractivity contribution < 1.29 is 9.59 Å². The lowest BCUT2D eigenvalue weighted by Crippen LogP contribution is -2.36. The quantitative estimate of drug-likeness (QED) is 0.763. The maximum Gasteiger partial charge on any atom is 0.258 e. The van der Waals surface area contributed by atoms with Crippen molar-refractivity contribution in [2.24, 2.45) is 0 Å². The van der Waals surface area contributed by atoms with Crippen molar-refractivity contribution in [3.63, 3.8) is 0 Å². The first-order valence-electron chi connectivity index (χ1n) is 5.21. The normalized spacial score (nSPS) is 13.9. The molecule has 1 aromatic carbocycles. The molecule has 2 amide bonds. The highest BCUT2D eigenvalue weighted by Gasteiger charge is 2.25. The monoisotopic (exact) mass is 203 g/mol. The van der Waals surface area contributed by atoms with Crippen LogP contribution in [0.3, 0.4) is 0 Å². The minimum Gasteiger partial charge on any atom is -0.288 e. The molecule has 78 valence electrons. The van der Waals surface area contributed by atoms with Crippen molar-refractivity contribution in [1.29, 1.82) is 0 Å². The minimum absolute atomic E-state index is 0.265. The van der Waals surface area contributed by atoms with Gasteiger partial charge < -0.3 is 0 Å². The fraction of sp³-hybridized carbons (Fsp3) is 0.333. The molecule has 0 radical (unpaired) electrons. The Morgan fingerprint density at radius 1 is 1.13 bits per heavy atom. The largest absolute Gasteiger partial charge is 0.288 e. The van der Waals surface area contributed by atoms with Gasteiger partial charge in [0, 0.05) is 11.1 Å². The van der Waals surface area contributed by atoms with Crippen LogP contribution in [0.4, 0.5) is 0 Å². The van der Waals surface area contributed by atoms with Crippen molar-refractivity contribution in [2.75, 3.05) is 0 Å². The van der Waals surface area contributed by atoms with E-state index in [1.54, 1.807) is 18.2 Å². The fourth-order valence-corrected chi connectivity index (χ4v) is 1.87. The summed E-state index contributed by atoms with van der Waals surface area (Å²) in [6, 6.07) is 5.31. The zero-order valence-corrected chi connectivity index (χ0v) is 8.67. The predicted octanol–water partition coefficient (Wildman–Crippen LogP) is 1.91. The molecule has 15 heavy (non-hydrogen) atoms. The van der Waals surface area contributed by atoms with Crippen LogP contribution in [0.5, 0.6) is 0 Å². The van der Waals surface area contributed by atoms with E-state index in [-0.39, 0.29) is 11.8 Å². The first-order valence-corrected chi connectivity index (χ1v) is 5.21. The summed E-state index contributed by atoms with van der Waals surface area (Å²) in [7, 11) is 0. The maximum atomic E-state index is 11.5. The maximum absolute atomic E-state index is 11.5. The van der Waals surface area contributed by atoms with E-state index in [0.717, 1.165) is 24.8 Å². The standard InChI is InChI=1S/C12H13NO2/c1-2-3-5-8-9-6-4-7-10(8)12(15)13-11(9)14/h4,6-7H,2-3,5H2,1H3,(H,13,14,15). The summed E-state index contributed by atoms with van der Waals surface area (Å²) < 4.78 is 0. The Labute approximate surface area is 88.5 Å². The van der Waals surface area contributed by atoms with E-state index in [1.807, 2.05) is 0 Å². The summed E-state index contributed by atoms with van der Waals surface area (Å²) in [6.45, 7) is 2.09. The lowest BCUT2D eigenvalue weighted by atomic mass is 9.92. The molecule has 1 aliphatic rings. The Balaban J connectivity index is 2.46. The Morgan fingerprint density at radius 3 is 2.27 bits per heavy atom. The van der Waals surface area contributed by atoms with E-state index < -0.39 is 0 Å². The molecule has 2 bridgehead atoms. The number of carbonyl (C=O) groups is 2. The lowest BCUT2D eigenvalue weighted by Gasteiger charge is -2.18. The topological polar surface area (TPSA) is 46.2 Å². The van der Waals surface area contributed by atoms with E-state index in [9.17, 15) is 9.59 Å². The van der Waals surface area contributed by atoms with E-state index in [0.29, 0.717) is 11.1 Å². The summed E-state index contributed by atoms with van der Waals surface area (Å²) in [4.78, 5) is 23.0. The van der Waals surface area contributed by atoms with E-state index >= 15 is 0 Å². The van der Waals surface area contributed by atoms with Gasteiger partial charge in [-0.3, -0.25) is 14.9 Å². The summed E-state index contributed by atoms with van der Waals surface area (Å²) in [5.74, 6) is -0.529. The van der Waals surface area contributed by atoms with Gasteiger partial charge in [0.15, 0.2) is 0 Å². The number of unbranched alkanes of at least 4 members (excludes halogenated alkanes) is 1. The van der Waals surface area contributed by atoms with Gasteiger partial charge in [0.05, 0.1) is 0 Å². The third-order valence-electron chi connectivity index (χ3n) is 2.67. The molecule has 2 rings (SSSR count). The Hall–Kier alpha value is -1.64. The molecule has 1 heterocycles. The van der Waals surface area contributed by atoms with Crippen LogP contribution < -0.4 is 5.32 Å². The highest BCUT2D eigenvalue weighted by molar-refractivity contribution is 6.16. The third-order valence-corrected chi connectivity index (χ3v) is 2.67. The van der Waals surface area contributed by atoms with Crippen molar-refractivity contribution in [3.05, 3.63) is 34.9 Å². The third kappa shape index (κ3) is 1.65. The zero-order chi connectivity index (χ0) is 10.8. The van der Waals surface area contributed by atoms with Crippen LogP contribution in [0, 0.1) is 0 Å². The molecule has 3 heteroatoms. The van der Waals surface area contributed by atoms with Crippen LogP contribution in [0.25, 0.3) is 0 Å². The molecule has 0 saturated heterocycles. The molecule has 0 saturated carbocycles. The number of rotatable bonds is 3. The van der Waals surface area contributed by atoms with Gasteiger partial charge >= 0.3 is 0 Å². The molecule has 1 aliphatic heterocycles. The van der Waals surface area contributed by atoms with Crippen molar-refractivity contribution in [3.8, 4) is 0 Å². The van der Waals surface area contributed by atoms with E-state index in [4.69, 9.17) is 0 Å². The predicted molar refractivity (Wildman–Crippen MR) is 56.9 cm³/mol. The Morgan fingerprint density at radius 2 is 1.73 bits per heavy atom.